The quantitative estimate of drug-likeness (QED) is 0.898. The van der Waals surface area contributed by atoms with E-state index < -0.39 is 0 Å². The van der Waals surface area contributed by atoms with Crippen molar-refractivity contribution in [3.8, 4) is 0 Å². The van der Waals surface area contributed by atoms with Crippen LogP contribution in [0.25, 0.3) is 6.08 Å². The molecule has 3 rings (SSSR count). The van der Waals surface area contributed by atoms with Gasteiger partial charge in [0.15, 0.2) is 0 Å². The Labute approximate surface area is 143 Å². The maximum absolute atomic E-state index is 12.2. The number of fused-ring (bicyclic) bond motifs is 1. The number of benzene rings is 1. The lowest BCUT2D eigenvalue weighted by Crippen LogP contribution is -2.26. The molecule has 24 heavy (non-hydrogen) atoms. The lowest BCUT2D eigenvalue weighted by molar-refractivity contribution is -0.116. The molecule has 0 saturated carbocycles. The van der Waals surface area contributed by atoms with Gasteiger partial charge in [0.25, 0.3) is 0 Å². The van der Waals surface area contributed by atoms with Gasteiger partial charge < -0.3 is 5.32 Å². The maximum atomic E-state index is 12.2. The van der Waals surface area contributed by atoms with E-state index in [1.165, 1.54) is 5.57 Å². The summed E-state index contributed by atoms with van der Waals surface area (Å²) in [5.74, 6) is 0.954. The minimum Gasteiger partial charge on any atom is -0.311 e. The number of nitrogens with one attached hydrogen (secondary N) is 1. The molecule has 1 atom stereocenters. The maximum Gasteiger partial charge on any atom is 0.226 e. The number of aryl methyl sites for hydroxylation is 1. The molecule has 1 unspecified atom stereocenters. The summed E-state index contributed by atoms with van der Waals surface area (Å²) in [6.45, 7) is 8.61. The fourth-order valence-corrected chi connectivity index (χ4v) is 3.34. The van der Waals surface area contributed by atoms with Gasteiger partial charge in [-0.2, -0.15) is 5.10 Å². The van der Waals surface area contributed by atoms with Gasteiger partial charge in [-0.1, -0.05) is 62.8 Å². The van der Waals surface area contributed by atoms with Crippen LogP contribution in [0.2, 0.25) is 0 Å². The Morgan fingerprint density at radius 3 is 2.58 bits per heavy atom. The van der Waals surface area contributed by atoms with Crippen molar-refractivity contribution in [1.82, 2.24) is 9.78 Å². The molecule has 2 aromatic rings. The highest BCUT2D eigenvalue weighted by molar-refractivity contribution is 5.95. The van der Waals surface area contributed by atoms with Crippen LogP contribution >= 0.6 is 0 Å². The van der Waals surface area contributed by atoms with Gasteiger partial charge in [-0.3, -0.25) is 9.48 Å². The largest absolute Gasteiger partial charge is 0.311 e. The van der Waals surface area contributed by atoms with Crippen molar-refractivity contribution >= 4 is 17.8 Å². The molecule has 4 nitrogen and oxygen atoms in total. The Morgan fingerprint density at radius 2 is 1.96 bits per heavy atom. The molecule has 2 heterocycles. The molecule has 1 aliphatic heterocycles. The summed E-state index contributed by atoms with van der Waals surface area (Å²) in [5, 5.41) is 7.72. The number of aromatic nitrogens is 2. The average Bonchev–Trinajstić information content (AvgIpc) is 2.85. The first-order valence-corrected chi connectivity index (χ1v) is 8.38. The highest BCUT2D eigenvalue weighted by Crippen LogP contribution is 2.43. The second kappa shape index (κ2) is 5.93. The molecule has 1 aliphatic rings. The minimum absolute atomic E-state index is 0.0526. The Kier molecular flexibility index (Phi) is 4.08. The van der Waals surface area contributed by atoms with Crippen LogP contribution in [-0.2, 0) is 17.3 Å². The van der Waals surface area contributed by atoms with Crippen LogP contribution < -0.4 is 5.32 Å². The molecule has 0 saturated heterocycles. The Hall–Kier alpha value is -2.36. The van der Waals surface area contributed by atoms with Gasteiger partial charge in [0, 0.05) is 30.4 Å². The smallest absolute Gasteiger partial charge is 0.226 e. The van der Waals surface area contributed by atoms with E-state index in [1.54, 1.807) is 4.68 Å². The summed E-state index contributed by atoms with van der Waals surface area (Å²) >= 11 is 0. The van der Waals surface area contributed by atoms with E-state index >= 15 is 0 Å². The van der Waals surface area contributed by atoms with Gasteiger partial charge in [-0.25, -0.2) is 0 Å². The summed E-state index contributed by atoms with van der Waals surface area (Å²) in [6, 6.07) is 10.2. The molecule has 0 spiro atoms. The molecular formula is C20H25N3O. The fraction of sp³-hybridized carbons (Fsp3) is 0.400. The molecule has 1 aromatic carbocycles. The van der Waals surface area contributed by atoms with Gasteiger partial charge in [-0.05, 0) is 12.5 Å². The summed E-state index contributed by atoms with van der Waals surface area (Å²) in [5.41, 5.74) is 4.50. The van der Waals surface area contributed by atoms with Gasteiger partial charge in [-0.15, -0.1) is 0 Å². The molecular weight excluding hydrogens is 298 g/mol. The van der Waals surface area contributed by atoms with Crippen molar-refractivity contribution in [2.45, 2.75) is 45.4 Å². The lowest BCUT2D eigenvalue weighted by Gasteiger charge is -2.27. The van der Waals surface area contributed by atoms with Gasteiger partial charge in [0.1, 0.15) is 5.82 Å². The molecule has 0 aliphatic carbocycles. The molecule has 1 aromatic heterocycles. The summed E-state index contributed by atoms with van der Waals surface area (Å²) in [7, 11) is 1.90. The number of hydrogen-bond donors (Lipinski definition) is 1. The molecule has 1 amide bonds. The topological polar surface area (TPSA) is 46.9 Å². The summed E-state index contributed by atoms with van der Waals surface area (Å²) < 4.78 is 1.80. The van der Waals surface area contributed by atoms with Crippen LogP contribution in [-0.4, -0.2) is 15.7 Å². The number of anilines is 1. The Morgan fingerprint density at radius 1 is 1.29 bits per heavy atom. The van der Waals surface area contributed by atoms with Crippen LogP contribution in [0.5, 0.6) is 0 Å². The number of amides is 1. The third-order valence-electron chi connectivity index (χ3n) is 4.53. The second-order valence-corrected chi connectivity index (χ2v) is 7.59. The number of carbonyl (C=O) groups excluding carboxylic acids is 1. The van der Waals surface area contributed by atoms with Crippen LogP contribution in [0.3, 0.4) is 0 Å². The first kappa shape index (κ1) is 16.5. The number of nitrogens with zero attached hydrogens (tertiary/aromatic N) is 2. The molecule has 1 N–H and O–H groups in total. The Bertz CT molecular complexity index is 794. The average molecular weight is 323 g/mol. The first-order valence-electron chi connectivity index (χ1n) is 8.38. The van der Waals surface area contributed by atoms with E-state index in [9.17, 15) is 4.79 Å². The zero-order chi connectivity index (χ0) is 17.5. The van der Waals surface area contributed by atoms with Crippen molar-refractivity contribution < 1.29 is 4.79 Å². The number of rotatable bonds is 2. The second-order valence-electron chi connectivity index (χ2n) is 7.59. The van der Waals surface area contributed by atoms with Crippen molar-refractivity contribution in [3.05, 3.63) is 52.7 Å². The van der Waals surface area contributed by atoms with E-state index in [1.807, 2.05) is 25.2 Å². The van der Waals surface area contributed by atoms with E-state index in [-0.39, 0.29) is 17.2 Å². The van der Waals surface area contributed by atoms with Crippen LogP contribution in [0.1, 0.15) is 56.9 Å². The van der Waals surface area contributed by atoms with Gasteiger partial charge in [0.2, 0.25) is 5.91 Å². The summed E-state index contributed by atoms with van der Waals surface area (Å²) in [6.07, 6.45) is 2.64. The van der Waals surface area contributed by atoms with Crippen LogP contribution in [0.4, 0.5) is 5.82 Å². The van der Waals surface area contributed by atoms with Crippen LogP contribution in [0, 0.1) is 0 Å². The number of hydrogen-bond acceptors (Lipinski definition) is 2. The van der Waals surface area contributed by atoms with E-state index in [4.69, 9.17) is 5.10 Å². The number of carbonyl (C=O) groups is 1. The van der Waals surface area contributed by atoms with Gasteiger partial charge in [0.05, 0.1) is 5.69 Å². The molecule has 0 radical (unpaired) electrons. The van der Waals surface area contributed by atoms with Gasteiger partial charge >= 0.3 is 0 Å². The Balaban J connectivity index is 2.11. The van der Waals surface area contributed by atoms with Crippen molar-refractivity contribution in [1.29, 1.82) is 0 Å². The predicted octanol–water partition coefficient (Wildman–Crippen LogP) is 4.25. The lowest BCUT2D eigenvalue weighted by atomic mass is 9.79. The highest BCUT2D eigenvalue weighted by Gasteiger charge is 2.36. The van der Waals surface area contributed by atoms with Crippen molar-refractivity contribution in [2.75, 3.05) is 5.32 Å². The van der Waals surface area contributed by atoms with Crippen molar-refractivity contribution in [3.63, 3.8) is 0 Å². The zero-order valence-electron chi connectivity index (χ0n) is 15.1. The fourth-order valence-electron chi connectivity index (χ4n) is 3.34. The standard InChI is InChI=1S/C20H25N3O/c1-13(11-14-9-7-6-8-10-14)15-12-16(24)21-19-17(15)18(20(2,3)4)22-23(19)5/h6-11,15H,12H2,1-5H3,(H,21,24). The highest BCUT2D eigenvalue weighted by atomic mass is 16.1. The number of allylic oxidation sites excluding steroid dienone is 1. The normalized spacial score (nSPS) is 18.3. The molecule has 4 heteroatoms. The first-order chi connectivity index (χ1) is 11.3. The molecule has 0 fully saturated rings. The monoisotopic (exact) mass is 323 g/mol. The van der Waals surface area contributed by atoms with E-state index in [0.717, 1.165) is 22.6 Å². The minimum atomic E-state index is -0.0707. The summed E-state index contributed by atoms with van der Waals surface area (Å²) in [4.78, 5) is 12.2. The van der Waals surface area contributed by atoms with E-state index in [2.05, 4.69) is 51.2 Å². The van der Waals surface area contributed by atoms with Crippen LogP contribution in [0.15, 0.2) is 35.9 Å². The van der Waals surface area contributed by atoms with Crippen molar-refractivity contribution in [2.24, 2.45) is 7.05 Å². The SMILES string of the molecule is CC(=Cc1ccccc1)C1CC(=O)Nc2c1c(C(C)(C)C)nn2C. The molecule has 0 bridgehead atoms. The predicted molar refractivity (Wildman–Crippen MR) is 98.0 cm³/mol. The third kappa shape index (κ3) is 3.01. The third-order valence-corrected chi connectivity index (χ3v) is 4.53. The zero-order valence-corrected chi connectivity index (χ0v) is 15.1. The van der Waals surface area contributed by atoms with E-state index in [0.29, 0.717) is 6.42 Å². The molecule has 126 valence electrons.